The molecule has 0 unspecified atom stereocenters. The quantitative estimate of drug-likeness (QED) is 0.670. The number of hydrogen-bond donors (Lipinski definition) is 0. The number of methoxy groups -OCH3 is 1. The average Bonchev–Trinajstić information content (AvgIpc) is 2.65. The van der Waals surface area contributed by atoms with Gasteiger partial charge < -0.3 is 4.74 Å². The lowest BCUT2D eigenvalue weighted by molar-refractivity contribution is 0.117. The second kappa shape index (κ2) is 8.65. The van der Waals surface area contributed by atoms with Crippen LogP contribution in [0.1, 0.15) is 17.2 Å². The van der Waals surface area contributed by atoms with Gasteiger partial charge in [0.15, 0.2) is 0 Å². The van der Waals surface area contributed by atoms with Crippen LogP contribution in [0.5, 0.6) is 5.75 Å². The zero-order valence-electron chi connectivity index (χ0n) is 14.7. The molecule has 0 amide bonds. The summed E-state index contributed by atoms with van der Waals surface area (Å²) in [5, 5.41) is 0. The van der Waals surface area contributed by atoms with Crippen LogP contribution in [-0.2, 0) is 0 Å². The summed E-state index contributed by atoms with van der Waals surface area (Å²) < 4.78 is 6.56. The molecule has 2 aromatic carbocycles. The lowest BCUT2D eigenvalue weighted by Gasteiger charge is -2.39. The summed E-state index contributed by atoms with van der Waals surface area (Å²) in [4.78, 5) is 5.02. The van der Waals surface area contributed by atoms with Crippen molar-refractivity contribution in [3.63, 3.8) is 0 Å². The fraction of sp³-hybridized carbons (Fsp3) is 0.333. The van der Waals surface area contributed by atoms with Gasteiger partial charge in [-0.1, -0.05) is 46.3 Å². The SMILES string of the molecule is C=CCN1CCN([C@@H](c2ccc(Br)cc2)c2cccc(OC)c2)CC1. The Bertz CT molecular complexity index is 693. The number of rotatable bonds is 6. The summed E-state index contributed by atoms with van der Waals surface area (Å²) >= 11 is 3.55. The van der Waals surface area contributed by atoms with Crippen LogP contribution in [0.2, 0.25) is 0 Å². The first-order valence-corrected chi connectivity index (χ1v) is 9.47. The Morgan fingerprint density at radius 1 is 1.08 bits per heavy atom. The molecule has 1 aliphatic heterocycles. The van der Waals surface area contributed by atoms with E-state index in [0.717, 1.165) is 42.9 Å². The average molecular weight is 401 g/mol. The fourth-order valence-corrected chi connectivity index (χ4v) is 3.72. The van der Waals surface area contributed by atoms with Crippen molar-refractivity contribution in [3.8, 4) is 5.75 Å². The summed E-state index contributed by atoms with van der Waals surface area (Å²) in [6, 6.07) is 17.3. The van der Waals surface area contributed by atoms with Crippen molar-refractivity contribution in [2.45, 2.75) is 6.04 Å². The van der Waals surface area contributed by atoms with E-state index in [-0.39, 0.29) is 6.04 Å². The molecule has 0 saturated carbocycles. The van der Waals surface area contributed by atoms with Crippen LogP contribution < -0.4 is 4.74 Å². The van der Waals surface area contributed by atoms with Gasteiger partial charge >= 0.3 is 0 Å². The van der Waals surface area contributed by atoms with Gasteiger partial charge in [-0.25, -0.2) is 0 Å². The Labute approximate surface area is 159 Å². The molecule has 3 nitrogen and oxygen atoms in total. The number of nitrogens with zero attached hydrogens (tertiary/aromatic N) is 2. The van der Waals surface area contributed by atoms with Gasteiger partial charge in [0, 0.05) is 37.2 Å². The molecule has 1 fully saturated rings. The molecular formula is C21H25BrN2O. The molecule has 0 aromatic heterocycles. The van der Waals surface area contributed by atoms with Crippen molar-refractivity contribution in [2.24, 2.45) is 0 Å². The van der Waals surface area contributed by atoms with Crippen molar-refractivity contribution in [2.75, 3.05) is 39.8 Å². The minimum atomic E-state index is 0.245. The number of hydrogen-bond acceptors (Lipinski definition) is 3. The first-order valence-electron chi connectivity index (χ1n) is 8.68. The summed E-state index contributed by atoms with van der Waals surface area (Å²) in [7, 11) is 1.72. The maximum Gasteiger partial charge on any atom is 0.119 e. The van der Waals surface area contributed by atoms with Gasteiger partial charge in [-0.2, -0.15) is 0 Å². The number of piperazine rings is 1. The Balaban J connectivity index is 1.89. The van der Waals surface area contributed by atoms with E-state index in [9.17, 15) is 0 Å². The van der Waals surface area contributed by atoms with Gasteiger partial charge in [-0.15, -0.1) is 6.58 Å². The van der Waals surface area contributed by atoms with Gasteiger partial charge in [0.25, 0.3) is 0 Å². The molecule has 1 heterocycles. The van der Waals surface area contributed by atoms with Crippen molar-refractivity contribution in [3.05, 3.63) is 76.8 Å². The maximum absolute atomic E-state index is 5.45. The van der Waals surface area contributed by atoms with Crippen molar-refractivity contribution < 1.29 is 4.74 Å². The molecule has 0 aliphatic carbocycles. The molecule has 0 radical (unpaired) electrons. The van der Waals surface area contributed by atoms with Gasteiger partial charge in [0.1, 0.15) is 5.75 Å². The van der Waals surface area contributed by atoms with Gasteiger partial charge in [0.2, 0.25) is 0 Å². The lowest BCUT2D eigenvalue weighted by Crippen LogP contribution is -2.47. The van der Waals surface area contributed by atoms with Crippen LogP contribution in [0.4, 0.5) is 0 Å². The van der Waals surface area contributed by atoms with Crippen molar-refractivity contribution >= 4 is 15.9 Å². The first kappa shape index (κ1) is 18.2. The van der Waals surface area contributed by atoms with Crippen LogP contribution in [-0.4, -0.2) is 49.6 Å². The summed E-state index contributed by atoms with van der Waals surface area (Å²) in [6.07, 6.45) is 1.99. The van der Waals surface area contributed by atoms with E-state index in [1.165, 1.54) is 11.1 Å². The zero-order chi connectivity index (χ0) is 17.6. The van der Waals surface area contributed by atoms with E-state index in [2.05, 4.69) is 74.8 Å². The van der Waals surface area contributed by atoms with Crippen molar-refractivity contribution in [1.29, 1.82) is 0 Å². The van der Waals surface area contributed by atoms with E-state index < -0.39 is 0 Å². The number of benzene rings is 2. The molecule has 0 spiro atoms. The molecule has 0 bridgehead atoms. The topological polar surface area (TPSA) is 15.7 Å². The van der Waals surface area contributed by atoms with Crippen LogP contribution in [0.15, 0.2) is 65.7 Å². The van der Waals surface area contributed by atoms with Gasteiger partial charge in [0.05, 0.1) is 13.2 Å². The summed E-state index contributed by atoms with van der Waals surface area (Å²) in [5.74, 6) is 0.907. The Hall–Kier alpha value is -1.62. The number of ether oxygens (including phenoxy) is 1. The summed E-state index contributed by atoms with van der Waals surface area (Å²) in [6.45, 7) is 9.07. The van der Waals surface area contributed by atoms with E-state index in [0.29, 0.717) is 0 Å². The highest BCUT2D eigenvalue weighted by Gasteiger charge is 2.26. The Morgan fingerprint density at radius 2 is 1.80 bits per heavy atom. The molecule has 2 aromatic rings. The standard InChI is InChI=1S/C21H25BrN2O/c1-3-11-23-12-14-24(15-13-23)21(17-7-9-19(22)10-8-17)18-5-4-6-20(16-18)25-2/h3-10,16,21H,1,11-15H2,2H3/t21-/m0/s1. The highest BCUT2D eigenvalue weighted by Crippen LogP contribution is 2.32. The fourth-order valence-electron chi connectivity index (χ4n) is 3.46. The highest BCUT2D eigenvalue weighted by molar-refractivity contribution is 9.10. The molecule has 1 saturated heterocycles. The molecule has 4 heteroatoms. The van der Waals surface area contributed by atoms with Crippen LogP contribution in [0.25, 0.3) is 0 Å². The van der Waals surface area contributed by atoms with E-state index in [1.807, 2.05) is 12.1 Å². The third kappa shape index (κ3) is 4.51. The smallest absolute Gasteiger partial charge is 0.119 e. The predicted molar refractivity (Wildman–Crippen MR) is 107 cm³/mol. The Morgan fingerprint density at radius 3 is 2.44 bits per heavy atom. The third-order valence-corrected chi connectivity index (χ3v) is 5.28. The Kier molecular flexibility index (Phi) is 6.29. The third-order valence-electron chi connectivity index (χ3n) is 4.75. The minimum Gasteiger partial charge on any atom is -0.497 e. The molecule has 0 N–H and O–H groups in total. The second-order valence-electron chi connectivity index (χ2n) is 6.36. The monoisotopic (exact) mass is 400 g/mol. The molecule has 25 heavy (non-hydrogen) atoms. The van der Waals surface area contributed by atoms with Crippen LogP contribution in [0, 0.1) is 0 Å². The van der Waals surface area contributed by atoms with Gasteiger partial charge in [-0.05, 0) is 35.4 Å². The lowest BCUT2D eigenvalue weighted by atomic mass is 9.96. The second-order valence-corrected chi connectivity index (χ2v) is 7.27. The minimum absolute atomic E-state index is 0.245. The summed E-state index contributed by atoms with van der Waals surface area (Å²) in [5.41, 5.74) is 2.59. The van der Waals surface area contributed by atoms with Crippen LogP contribution in [0.3, 0.4) is 0 Å². The van der Waals surface area contributed by atoms with E-state index in [4.69, 9.17) is 4.74 Å². The van der Waals surface area contributed by atoms with E-state index in [1.54, 1.807) is 7.11 Å². The maximum atomic E-state index is 5.45. The normalized spacial score (nSPS) is 17.2. The number of halogens is 1. The zero-order valence-corrected chi connectivity index (χ0v) is 16.3. The molecule has 132 valence electrons. The molecular weight excluding hydrogens is 376 g/mol. The molecule has 1 atom stereocenters. The molecule has 3 rings (SSSR count). The van der Waals surface area contributed by atoms with Crippen molar-refractivity contribution in [1.82, 2.24) is 9.80 Å². The van der Waals surface area contributed by atoms with Gasteiger partial charge in [-0.3, -0.25) is 9.80 Å². The van der Waals surface area contributed by atoms with E-state index >= 15 is 0 Å². The van der Waals surface area contributed by atoms with Crippen LogP contribution >= 0.6 is 15.9 Å². The predicted octanol–water partition coefficient (Wildman–Crippen LogP) is 4.35. The first-order chi connectivity index (χ1) is 12.2. The largest absolute Gasteiger partial charge is 0.497 e. The molecule has 1 aliphatic rings. The highest BCUT2D eigenvalue weighted by atomic mass is 79.9.